The highest BCUT2D eigenvalue weighted by Crippen LogP contribution is 2.35. The maximum Gasteiger partial charge on any atom is 0.254 e. The standard InChI is InChI=1S/C28H29N3O3/c1-27(2)12-5-15-31(27)26(32)19-8-6-18(7-9-19)23-17-22-25(34-23)21(11-14-29-22)20-10-13-30-24(16-20)28(3,4)33/h6-11,13-14,16-17,33H,5,12,15H2,1-4H3. The number of benzene rings is 1. The zero-order valence-electron chi connectivity index (χ0n) is 20.0. The van der Waals surface area contributed by atoms with Gasteiger partial charge >= 0.3 is 0 Å². The lowest BCUT2D eigenvalue weighted by Crippen LogP contribution is -2.42. The molecule has 0 spiro atoms. The number of aromatic nitrogens is 2. The van der Waals surface area contributed by atoms with Crippen LogP contribution in [0, 0.1) is 0 Å². The zero-order valence-corrected chi connectivity index (χ0v) is 20.0. The van der Waals surface area contributed by atoms with E-state index in [1.807, 2.05) is 53.4 Å². The van der Waals surface area contributed by atoms with Gasteiger partial charge in [0.25, 0.3) is 5.91 Å². The minimum Gasteiger partial charge on any atom is -0.454 e. The Kier molecular flexibility index (Phi) is 5.29. The zero-order chi connectivity index (χ0) is 24.1. The minimum absolute atomic E-state index is 0.0721. The van der Waals surface area contributed by atoms with Gasteiger partial charge in [-0.25, -0.2) is 0 Å². The highest BCUT2D eigenvalue weighted by molar-refractivity contribution is 5.96. The van der Waals surface area contributed by atoms with Crippen molar-refractivity contribution >= 4 is 17.0 Å². The second kappa shape index (κ2) is 8.06. The van der Waals surface area contributed by atoms with Crippen molar-refractivity contribution in [2.45, 2.75) is 51.7 Å². The molecule has 0 bridgehead atoms. The Hall–Kier alpha value is -3.51. The average molecular weight is 456 g/mol. The predicted octanol–water partition coefficient (Wildman–Crippen LogP) is 5.80. The van der Waals surface area contributed by atoms with Crippen LogP contribution in [0.3, 0.4) is 0 Å². The number of aliphatic hydroxyl groups is 1. The lowest BCUT2D eigenvalue weighted by molar-refractivity contribution is 0.0651. The van der Waals surface area contributed by atoms with Gasteiger partial charge in [0.05, 0.1) is 5.69 Å². The Morgan fingerprint density at radius 1 is 1.03 bits per heavy atom. The van der Waals surface area contributed by atoms with E-state index in [9.17, 15) is 9.90 Å². The summed E-state index contributed by atoms with van der Waals surface area (Å²) >= 11 is 0. The average Bonchev–Trinajstić information content (AvgIpc) is 3.40. The summed E-state index contributed by atoms with van der Waals surface area (Å²) in [5, 5.41) is 10.4. The number of carbonyl (C=O) groups excluding carboxylic acids is 1. The van der Waals surface area contributed by atoms with E-state index in [4.69, 9.17) is 4.42 Å². The molecule has 1 amide bonds. The first-order chi connectivity index (χ1) is 16.1. The van der Waals surface area contributed by atoms with Crippen LogP contribution in [-0.4, -0.2) is 38.0 Å². The fourth-order valence-corrected chi connectivity index (χ4v) is 4.66. The molecule has 6 nitrogen and oxygen atoms in total. The number of furan rings is 1. The molecule has 34 heavy (non-hydrogen) atoms. The second-order valence-corrected chi connectivity index (χ2v) is 10.1. The fourth-order valence-electron chi connectivity index (χ4n) is 4.66. The Morgan fingerprint density at radius 2 is 1.76 bits per heavy atom. The Bertz CT molecular complexity index is 1360. The number of fused-ring (bicyclic) bond motifs is 1. The molecule has 1 aliphatic rings. The van der Waals surface area contributed by atoms with Gasteiger partial charge in [-0.1, -0.05) is 12.1 Å². The van der Waals surface area contributed by atoms with Gasteiger partial charge in [-0.05, 0) is 76.4 Å². The number of hydrogen-bond acceptors (Lipinski definition) is 5. The van der Waals surface area contributed by atoms with E-state index >= 15 is 0 Å². The molecule has 1 aliphatic heterocycles. The first kappa shape index (κ1) is 22.3. The van der Waals surface area contributed by atoms with Gasteiger partial charge in [0.1, 0.15) is 16.9 Å². The van der Waals surface area contributed by atoms with E-state index in [0.29, 0.717) is 22.6 Å². The number of pyridine rings is 2. The summed E-state index contributed by atoms with van der Waals surface area (Å²) in [4.78, 5) is 23.8. The van der Waals surface area contributed by atoms with Crippen LogP contribution < -0.4 is 0 Å². The number of likely N-dealkylation sites (tertiary alicyclic amines) is 1. The van der Waals surface area contributed by atoms with Crippen molar-refractivity contribution in [1.82, 2.24) is 14.9 Å². The summed E-state index contributed by atoms with van der Waals surface area (Å²) in [7, 11) is 0. The van der Waals surface area contributed by atoms with Crippen LogP contribution in [0.5, 0.6) is 0 Å². The van der Waals surface area contributed by atoms with E-state index in [1.54, 1.807) is 26.2 Å². The van der Waals surface area contributed by atoms with Crippen molar-refractivity contribution in [3.05, 3.63) is 72.2 Å². The van der Waals surface area contributed by atoms with E-state index in [1.165, 1.54) is 0 Å². The van der Waals surface area contributed by atoms with Crippen LogP contribution in [-0.2, 0) is 5.60 Å². The molecular weight excluding hydrogens is 426 g/mol. The van der Waals surface area contributed by atoms with Crippen LogP contribution in [0.15, 0.2) is 65.3 Å². The van der Waals surface area contributed by atoms with Crippen molar-refractivity contribution in [1.29, 1.82) is 0 Å². The number of rotatable bonds is 4. The monoisotopic (exact) mass is 455 g/mol. The largest absolute Gasteiger partial charge is 0.454 e. The SMILES string of the molecule is CC(C)(O)c1cc(-c2ccnc3cc(-c4ccc(C(=O)N5CCCC5(C)C)cc4)oc23)ccn1. The molecule has 3 aromatic heterocycles. The smallest absolute Gasteiger partial charge is 0.254 e. The van der Waals surface area contributed by atoms with Crippen LogP contribution in [0.1, 0.15) is 56.6 Å². The Balaban J connectivity index is 1.48. The van der Waals surface area contributed by atoms with Gasteiger partial charge in [0, 0.05) is 47.2 Å². The summed E-state index contributed by atoms with van der Waals surface area (Å²) in [5.41, 5.74) is 4.20. The van der Waals surface area contributed by atoms with Gasteiger partial charge in [-0.2, -0.15) is 0 Å². The summed E-state index contributed by atoms with van der Waals surface area (Å²) in [6.07, 6.45) is 5.51. The molecule has 0 radical (unpaired) electrons. The lowest BCUT2D eigenvalue weighted by atomic mass is 10.00. The molecule has 4 heterocycles. The summed E-state index contributed by atoms with van der Waals surface area (Å²) in [5.74, 6) is 0.759. The molecular formula is C28H29N3O3. The lowest BCUT2D eigenvalue weighted by Gasteiger charge is -2.31. The summed E-state index contributed by atoms with van der Waals surface area (Å²) < 4.78 is 6.26. The Morgan fingerprint density at radius 3 is 2.44 bits per heavy atom. The van der Waals surface area contributed by atoms with E-state index in [2.05, 4.69) is 23.8 Å². The third-order valence-corrected chi connectivity index (χ3v) is 6.67. The maximum absolute atomic E-state index is 13.0. The molecule has 0 unspecified atom stereocenters. The van der Waals surface area contributed by atoms with Crippen LogP contribution in [0.4, 0.5) is 0 Å². The van der Waals surface area contributed by atoms with Crippen molar-refractivity contribution in [2.24, 2.45) is 0 Å². The van der Waals surface area contributed by atoms with Gasteiger partial charge in [-0.3, -0.25) is 14.8 Å². The number of nitrogens with zero attached hydrogens (tertiary/aromatic N) is 3. The van der Waals surface area contributed by atoms with Crippen LogP contribution >= 0.6 is 0 Å². The highest BCUT2D eigenvalue weighted by Gasteiger charge is 2.35. The number of carbonyl (C=O) groups is 1. The van der Waals surface area contributed by atoms with E-state index in [0.717, 1.165) is 41.6 Å². The second-order valence-electron chi connectivity index (χ2n) is 10.1. The molecule has 174 valence electrons. The Labute approximate surface area is 199 Å². The molecule has 1 saturated heterocycles. The molecule has 0 saturated carbocycles. The molecule has 1 N–H and O–H groups in total. The quantitative estimate of drug-likeness (QED) is 0.421. The maximum atomic E-state index is 13.0. The van der Waals surface area contributed by atoms with Crippen LogP contribution in [0.25, 0.3) is 33.6 Å². The minimum atomic E-state index is -1.04. The fraction of sp³-hybridized carbons (Fsp3) is 0.321. The van der Waals surface area contributed by atoms with Crippen molar-refractivity contribution < 1.29 is 14.3 Å². The highest BCUT2D eigenvalue weighted by atomic mass is 16.3. The molecule has 1 fully saturated rings. The van der Waals surface area contributed by atoms with Gasteiger partial charge in [0.2, 0.25) is 0 Å². The van der Waals surface area contributed by atoms with Crippen molar-refractivity contribution in [3.8, 4) is 22.5 Å². The van der Waals surface area contributed by atoms with Gasteiger partial charge < -0.3 is 14.4 Å². The van der Waals surface area contributed by atoms with Crippen LogP contribution in [0.2, 0.25) is 0 Å². The van der Waals surface area contributed by atoms with Gasteiger partial charge in [0.15, 0.2) is 5.58 Å². The molecule has 0 aliphatic carbocycles. The molecule has 5 rings (SSSR count). The first-order valence-corrected chi connectivity index (χ1v) is 11.6. The first-order valence-electron chi connectivity index (χ1n) is 11.6. The molecule has 1 aromatic carbocycles. The predicted molar refractivity (Wildman–Crippen MR) is 132 cm³/mol. The molecule has 6 heteroatoms. The van der Waals surface area contributed by atoms with E-state index < -0.39 is 5.60 Å². The normalized spacial score (nSPS) is 15.7. The molecule has 0 atom stereocenters. The third-order valence-electron chi connectivity index (χ3n) is 6.67. The molecule has 4 aromatic rings. The number of hydrogen-bond donors (Lipinski definition) is 1. The number of amides is 1. The third kappa shape index (κ3) is 3.99. The topological polar surface area (TPSA) is 79.5 Å². The summed E-state index contributed by atoms with van der Waals surface area (Å²) in [6, 6.07) is 15.2. The summed E-state index contributed by atoms with van der Waals surface area (Å²) in [6.45, 7) is 8.48. The van der Waals surface area contributed by atoms with Crippen molar-refractivity contribution in [3.63, 3.8) is 0 Å². The van der Waals surface area contributed by atoms with E-state index in [-0.39, 0.29) is 11.4 Å². The van der Waals surface area contributed by atoms with Crippen molar-refractivity contribution in [2.75, 3.05) is 6.54 Å². The van der Waals surface area contributed by atoms with Gasteiger partial charge in [-0.15, -0.1) is 0 Å².